The van der Waals surface area contributed by atoms with Crippen LogP contribution in [0.2, 0.25) is 0 Å². The summed E-state index contributed by atoms with van der Waals surface area (Å²) in [6.45, 7) is 1.99. The molecular formula is C8H16N2O2S2. The monoisotopic (exact) mass is 236 g/mol. The Bertz CT molecular complexity index is 313. The normalized spacial score (nSPS) is 24.8. The number of hydrogen-bond donors (Lipinski definition) is 1. The van der Waals surface area contributed by atoms with Crippen LogP contribution in [0.1, 0.15) is 12.8 Å². The molecule has 0 amide bonds. The van der Waals surface area contributed by atoms with Crippen LogP contribution in [-0.4, -0.2) is 49.4 Å². The van der Waals surface area contributed by atoms with Gasteiger partial charge >= 0.3 is 0 Å². The Labute approximate surface area is 90.4 Å². The minimum atomic E-state index is -2.92. The zero-order valence-corrected chi connectivity index (χ0v) is 9.90. The first-order chi connectivity index (χ1) is 6.39. The Balaban J connectivity index is 2.56. The molecule has 1 aliphatic rings. The molecule has 0 radical (unpaired) electrons. The van der Waals surface area contributed by atoms with E-state index in [4.69, 9.17) is 18.0 Å². The fourth-order valence-corrected chi connectivity index (χ4v) is 2.99. The molecule has 0 aromatic rings. The third-order valence-corrected chi connectivity index (χ3v) is 4.17. The first kappa shape index (κ1) is 11.9. The minimum Gasteiger partial charge on any atom is -0.392 e. The van der Waals surface area contributed by atoms with E-state index in [9.17, 15) is 8.42 Å². The number of thiocarbonyl (C=S) groups is 1. The van der Waals surface area contributed by atoms with Crippen LogP contribution in [0.4, 0.5) is 0 Å². The largest absolute Gasteiger partial charge is 0.392 e. The zero-order chi connectivity index (χ0) is 10.8. The highest BCUT2D eigenvalue weighted by Gasteiger charge is 2.27. The predicted octanol–water partition coefficient (Wildman–Crippen LogP) is -0.218. The highest BCUT2D eigenvalue weighted by atomic mass is 32.2. The van der Waals surface area contributed by atoms with Gasteiger partial charge in [0.2, 0.25) is 0 Å². The Morgan fingerprint density at radius 2 is 2.29 bits per heavy atom. The smallest absolute Gasteiger partial charge is 0.151 e. The van der Waals surface area contributed by atoms with Crippen molar-refractivity contribution in [1.82, 2.24) is 4.90 Å². The molecule has 6 heteroatoms. The topological polar surface area (TPSA) is 63.4 Å². The second-order valence-corrected chi connectivity index (χ2v) is 6.65. The number of rotatable bonds is 3. The Hall–Kier alpha value is -0.200. The second kappa shape index (κ2) is 4.55. The van der Waals surface area contributed by atoms with Crippen molar-refractivity contribution < 1.29 is 8.42 Å². The molecule has 1 aliphatic heterocycles. The summed E-state index contributed by atoms with van der Waals surface area (Å²) in [5, 5.41) is -0.245. The van der Waals surface area contributed by atoms with E-state index in [1.807, 2.05) is 4.90 Å². The van der Waals surface area contributed by atoms with Crippen molar-refractivity contribution in [2.24, 2.45) is 5.73 Å². The minimum absolute atomic E-state index is 0.245. The van der Waals surface area contributed by atoms with Gasteiger partial charge < -0.3 is 5.73 Å². The fourth-order valence-electron chi connectivity index (χ4n) is 1.73. The highest BCUT2D eigenvalue weighted by molar-refractivity contribution is 7.91. The van der Waals surface area contributed by atoms with Crippen molar-refractivity contribution in [2.45, 2.75) is 18.1 Å². The van der Waals surface area contributed by atoms with E-state index in [1.54, 1.807) is 0 Å². The first-order valence-electron chi connectivity index (χ1n) is 4.59. The number of sulfone groups is 1. The summed E-state index contributed by atoms with van der Waals surface area (Å²) in [6.07, 6.45) is 2.95. The standard InChI is InChI=1S/C8H16N2O2S2/c1-14(11,12)7-3-2-4-10(5-7)6-8(9)13/h7H,2-6H2,1H3,(H2,9,13). The summed E-state index contributed by atoms with van der Waals surface area (Å²) in [5.41, 5.74) is 5.42. The summed E-state index contributed by atoms with van der Waals surface area (Å²) in [7, 11) is -2.92. The number of nitrogens with two attached hydrogens (primary N) is 1. The summed E-state index contributed by atoms with van der Waals surface area (Å²) in [6, 6.07) is 0. The number of nitrogens with zero attached hydrogens (tertiary/aromatic N) is 1. The van der Waals surface area contributed by atoms with Crippen LogP contribution in [-0.2, 0) is 9.84 Å². The molecule has 1 heterocycles. The molecule has 14 heavy (non-hydrogen) atoms. The van der Waals surface area contributed by atoms with Crippen LogP contribution in [0.25, 0.3) is 0 Å². The van der Waals surface area contributed by atoms with Gasteiger partial charge in [0.1, 0.15) is 0 Å². The molecule has 2 N–H and O–H groups in total. The van der Waals surface area contributed by atoms with Gasteiger partial charge in [0.25, 0.3) is 0 Å². The molecule has 4 nitrogen and oxygen atoms in total. The molecule has 82 valence electrons. The molecular weight excluding hydrogens is 220 g/mol. The number of likely N-dealkylation sites (tertiary alicyclic amines) is 1. The van der Waals surface area contributed by atoms with Gasteiger partial charge in [-0.25, -0.2) is 8.42 Å². The molecule has 1 rings (SSSR count). The van der Waals surface area contributed by atoms with Gasteiger partial charge in [0.15, 0.2) is 9.84 Å². The molecule has 1 unspecified atom stereocenters. The van der Waals surface area contributed by atoms with Crippen molar-refractivity contribution in [3.05, 3.63) is 0 Å². The lowest BCUT2D eigenvalue weighted by molar-refractivity contribution is 0.260. The van der Waals surface area contributed by atoms with Crippen LogP contribution in [0.3, 0.4) is 0 Å². The molecule has 0 aromatic carbocycles. The average molecular weight is 236 g/mol. The van der Waals surface area contributed by atoms with Crippen molar-refractivity contribution in [3.63, 3.8) is 0 Å². The molecule has 0 saturated carbocycles. The molecule has 1 saturated heterocycles. The van der Waals surface area contributed by atoms with E-state index in [1.165, 1.54) is 6.26 Å². The van der Waals surface area contributed by atoms with E-state index < -0.39 is 9.84 Å². The number of hydrogen-bond acceptors (Lipinski definition) is 4. The van der Waals surface area contributed by atoms with E-state index >= 15 is 0 Å². The molecule has 0 spiro atoms. The van der Waals surface area contributed by atoms with Crippen LogP contribution in [0, 0.1) is 0 Å². The van der Waals surface area contributed by atoms with Crippen molar-refractivity contribution in [3.8, 4) is 0 Å². The van der Waals surface area contributed by atoms with Crippen LogP contribution in [0.15, 0.2) is 0 Å². The Morgan fingerprint density at radius 3 is 2.79 bits per heavy atom. The van der Waals surface area contributed by atoms with Gasteiger partial charge in [-0.15, -0.1) is 0 Å². The van der Waals surface area contributed by atoms with Gasteiger partial charge in [-0.05, 0) is 19.4 Å². The van der Waals surface area contributed by atoms with Crippen LogP contribution >= 0.6 is 12.2 Å². The number of piperidine rings is 1. The molecule has 0 aromatic heterocycles. The van der Waals surface area contributed by atoms with E-state index in [-0.39, 0.29) is 5.25 Å². The summed E-state index contributed by atoms with van der Waals surface area (Å²) >= 11 is 4.80. The summed E-state index contributed by atoms with van der Waals surface area (Å²) < 4.78 is 22.7. The quantitative estimate of drug-likeness (QED) is 0.687. The van der Waals surface area contributed by atoms with Crippen molar-refractivity contribution in [1.29, 1.82) is 0 Å². The summed E-state index contributed by atoms with van der Waals surface area (Å²) in [5.74, 6) is 0. The van der Waals surface area contributed by atoms with E-state index in [0.29, 0.717) is 18.1 Å². The SMILES string of the molecule is CS(=O)(=O)C1CCCN(CC(N)=S)C1. The Kier molecular flexibility index (Phi) is 3.86. The average Bonchev–Trinajstić information content (AvgIpc) is 2.01. The lowest BCUT2D eigenvalue weighted by Crippen LogP contribution is -2.44. The third kappa shape index (κ3) is 3.51. The molecule has 0 aliphatic carbocycles. The lowest BCUT2D eigenvalue weighted by Gasteiger charge is -2.31. The van der Waals surface area contributed by atoms with Crippen LogP contribution < -0.4 is 5.73 Å². The fraction of sp³-hybridized carbons (Fsp3) is 0.875. The van der Waals surface area contributed by atoms with E-state index in [0.717, 1.165) is 19.4 Å². The maximum atomic E-state index is 11.3. The molecule has 1 fully saturated rings. The predicted molar refractivity (Wildman–Crippen MR) is 61.1 cm³/mol. The third-order valence-electron chi connectivity index (χ3n) is 2.45. The first-order valence-corrected chi connectivity index (χ1v) is 6.95. The summed E-state index contributed by atoms with van der Waals surface area (Å²) in [4.78, 5) is 2.44. The molecule has 0 bridgehead atoms. The van der Waals surface area contributed by atoms with Crippen molar-refractivity contribution >= 4 is 27.0 Å². The van der Waals surface area contributed by atoms with Gasteiger partial charge in [0, 0.05) is 19.3 Å². The highest BCUT2D eigenvalue weighted by Crippen LogP contribution is 2.15. The zero-order valence-electron chi connectivity index (χ0n) is 8.27. The maximum Gasteiger partial charge on any atom is 0.151 e. The molecule has 1 atom stereocenters. The van der Waals surface area contributed by atoms with Gasteiger partial charge in [0.05, 0.1) is 10.2 Å². The Morgan fingerprint density at radius 1 is 1.64 bits per heavy atom. The van der Waals surface area contributed by atoms with Crippen LogP contribution in [0.5, 0.6) is 0 Å². The van der Waals surface area contributed by atoms with Gasteiger partial charge in [-0.1, -0.05) is 12.2 Å². The van der Waals surface area contributed by atoms with Crippen molar-refractivity contribution in [2.75, 3.05) is 25.9 Å². The second-order valence-electron chi connectivity index (χ2n) is 3.80. The van der Waals surface area contributed by atoms with Gasteiger partial charge in [-0.2, -0.15) is 0 Å². The van der Waals surface area contributed by atoms with Gasteiger partial charge in [-0.3, -0.25) is 4.90 Å². The maximum absolute atomic E-state index is 11.3. The van der Waals surface area contributed by atoms with E-state index in [2.05, 4.69) is 0 Å². The lowest BCUT2D eigenvalue weighted by atomic mass is 10.1.